The first-order valence-electron chi connectivity index (χ1n) is 11.8. The summed E-state index contributed by atoms with van der Waals surface area (Å²) in [7, 11) is 2.08. The molecule has 2 aromatic rings. The minimum Gasteiger partial charge on any atom is -0.434 e. The van der Waals surface area contributed by atoms with Crippen molar-refractivity contribution < 1.29 is 23.1 Å². The van der Waals surface area contributed by atoms with Gasteiger partial charge >= 0.3 is 12.6 Å². The monoisotopic (exact) mass is 533 g/mol. The van der Waals surface area contributed by atoms with Crippen LogP contribution in [0.5, 0.6) is 5.75 Å². The summed E-state index contributed by atoms with van der Waals surface area (Å²) in [5.41, 5.74) is 0.506. The van der Waals surface area contributed by atoms with Crippen molar-refractivity contribution in [1.29, 1.82) is 0 Å². The van der Waals surface area contributed by atoms with E-state index in [4.69, 9.17) is 11.6 Å². The van der Waals surface area contributed by atoms with Gasteiger partial charge in [0, 0.05) is 55.4 Å². The number of allylic oxidation sites excluding steroid dienone is 1. The molecule has 0 saturated carbocycles. The Morgan fingerprint density at radius 2 is 1.97 bits per heavy atom. The number of rotatable bonds is 6. The Morgan fingerprint density at radius 3 is 2.65 bits per heavy atom. The highest BCUT2D eigenvalue weighted by molar-refractivity contribution is 6.31. The molecule has 2 saturated heterocycles. The Morgan fingerprint density at radius 1 is 1.22 bits per heavy atom. The van der Waals surface area contributed by atoms with Gasteiger partial charge in [-0.2, -0.15) is 13.9 Å². The first kappa shape index (κ1) is 25.2. The van der Waals surface area contributed by atoms with Crippen molar-refractivity contribution in [3.63, 3.8) is 0 Å². The number of hydrogen-bond acceptors (Lipinski definition) is 6. The lowest BCUT2D eigenvalue weighted by Gasteiger charge is -2.19. The van der Waals surface area contributed by atoms with Gasteiger partial charge in [0.15, 0.2) is 0 Å². The number of anilines is 1. The maximum atomic E-state index is 13.1. The van der Waals surface area contributed by atoms with Crippen molar-refractivity contribution in [3.05, 3.63) is 41.7 Å². The van der Waals surface area contributed by atoms with Crippen LogP contribution in [0.25, 0.3) is 11.3 Å². The minimum atomic E-state index is -3.08. The number of benzene rings is 1. The summed E-state index contributed by atoms with van der Waals surface area (Å²) in [6.07, 6.45) is 6.24. The molecule has 4 heterocycles. The summed E-state index contributed by atoms with van der Waals surface area (Å²) < 4.78 is 32.3. The predicted octanol–water partition coefficient (Wildman–Crippen LogP) is 3.21. The molecular weight excluding hydrogens is 508 g/mol. The van der Waals surface area contributed by atoms with Crippen LogP contribution in [-0.4, -0.2) is 89.1 Å². The Kier molecular flexibility index (Phi) is 7.11. The molecule has 0 bridgehead atoms. The van der Waals surface area contributed by atoms with E-state index in [1.807, 2.05) is 4.90 Å². The summed E-state index contributed by atoms with van der Waals surface area (Å²) in [6, 6.07) is 3.64. The van der Waals surface area contributed by atoms with Crippen LogP contribution in [0, 0.1) is 11.8 Å². The molecule has 0 spiro atoms. The topological polar surface area (TPSA) is 95.3 Å². The lowest BCUT2D eigenvalue weighted by molar-refractivity contribution is -0.131. The molecule has 37 heavy (non-hydrogen) atoms. The fraction of sp³-hybridized carbons (Fsp3) is 0.417. The summed E-state index contributed by atoms with van der Waals surface area (Å²) >= 11 is 6.15. The number of aromatic nitrogens is 2. The summed E-state index contributed by atoms with van der Waals surface area (Å²) in [6.45, 7) is 0.278. The third-order valence-corrected chi connectivity index (χ3v) is 6.92. The van der Waals surface area contributed by atoms with Crippen molar-refractivity contribution in [2.75, 3.05) is 45.2 Å². The van der Waals surface area contributed by atoms with E-state index in [2.05, 4.69) is 32.1 Å². The number of nitrogens with zero attached hydrogens (tertiary/aromatic N) is 6. The van der Waals surface area contributed by atoms with E-state index >= 15 is 0 Å². The van der Waals surface area contributed by atoms with Crippen LogP contribution in [-0.2, 0) is 11.3 Å². The highest BCUT2D eigenvalue weighted by Crippen LogP contribution is 2.37. The maximum absolute atomic E-state index is 13.1. The van der Waals surface area contributed by atoms with Crippen LogP contribution in [0.15, 0.2) is 41.7 Å². The Bertz CT molecular complexity index is 1240. The number of hydrogen-bond donors (Lipinski definition) is 1. The number of aliphatic imine (C=N–C) groups is 1. The van der Waals surface area contributed by atoms with E-state index in [0.717, 1.165) is 13.1 Å². The average molecular weight is 534 g/mol. The second-order valence-corrected chi connectivity index (χ2v) is 9.80. The zero-order chi connectivity index (χ0) is 26.1. The Balaban J connectivity index is 1.42. The molecule has 1 aromatic heterocycles. The molecule has 0 radical (unpaired) electrons. The quantitative estimate of drug-likeness (QED) is 0.615. The summed E-state index contributed by atoms with van der Waals surface area (Å²) in [4.78, 5) is 35.4. The van der Waals surface area contributed by atoms with Gasteiger partial charge in [-0.3, -0.25) is 19.4 Å². The van der Waals surface area contributed by atoms with Gasteiger partial charge in [0.1, 0.15) is 24.7 Å². The predicted molar refractivity (Wildman–Crippen MR) is 134 cm³/mol. The highest BCUT2D eigenvalue weighted by Gasteiger charge is 2.40. The summed E-state index contributed by atoms with van der Waals surface area (Å²) in [5.74, 6) is 0.647. The number of fused-ring (bicyclic) bond motifs is 1. The van der Waals surface area contributed by atoms with Crippen molar-refractivity contribution in [2.24, 2.45) is 16.8 Å². The van der Waals surface area contributed by atoms with E-state index in [1.54, 1.807) is 18.5 Å². The molecular formula is C24H26ClF2N7O3. The Labute approximate surface area is 217 Å². The van der Waals surface area contributed by atoms with Crippen LogP contribution in [0.3, 0.4) is 0 Å². The van der Waals surface area contributed by atoms with Crippen molar-refractivity contribution in [2.45, 2.75) is 13.2 Å². The van der Waals surface area contributed by atoms with Gasteiger partial charge in [-0.1, -0.05) is 11.6 Å². The van der Waals surface area contributed by atoms with Crippen LogP contribution >= 0.6 is 11.6 Å². The molecule has 3 amide bonds. The molecule has 196 valence electrons. The van der Waals surface area contributed by atoms with Crippen molar-refractivity contribution in [3.8, 4) is 17.0 Å². The first-order valence-corrected chi connectivity index (χ1v) is 12.2. The molecule has 5 rings (SSSR count). The van der Waals surface area contributed by atoms with Gasteiger partial charge in [0.05, 0.1) is 5.69 Å². The number of urea groups is 1. The summed E-state index contributed by atoms with van der Waals surface area (Å²) in [5, 5.41) is 7.49. The number of likely N-dealkylation sites (tertiary alicyclic amines) is 2. The zero-order valence-corrected chi connectivity index (χ0v) is 20.8. The average Bonchev–Trinajstić information content (AvgIpc) is 3.53. The van der Waals surface area contributed by atoms with Gasteiger partial charge in [-0.05, 0) is 43.2 Å². The number of carbonyl (C=O) groups is 2. The van der Waals surface area contributed by atoms with Crippen LogP contribution in [0.2, 0.25) is 5.02 Å². The number of alkyl halides is 2. The molecule has 1 N–H and O–H groups in total. The van der Waals surface area contributed by atoms with Crippen molar-refractivity contribution >= 4 is 35.4 Å². The van der Waals surface area contributed by atoms with Crippen molar-refractivity contribution in [1.82, 2.24) is 24.5 Å². The van der Waals surface area contributed by atoms with E-state index in [0.29, 0.717) is 24.9 Å². The number of halogens is 3. The minimum absolute atomic E-state index is 0.0718. The second-order valence-electron chi connectivity index (χ2n) is 9.36. The smallest absolute Gasteiger partial charge is 0.387 e. The van der Waals surface area contributed by atoms with E-state index in [-0.39, 0.29) is 46.8 Å². The molecule has 3 aliphatic rings. The van der Waals surface area contributed by atoms with Gasteiger partial charge in [0.2, 0.25) is 5.91 Å². The lowest BCUT2D eigenvalue weighted by atomic mass is 10.0. The lowest BCUT2D eigenvalue weighted by Crippen LogP contribution is -2.34. The molecule has 2 unspecified atom stereocenters. The standard InChI is InChI=1S/C24H26ClF2N7O3/c1-31-8-15-10-33(11-16(15)9-31)21(35)13-34-12-19(29-24(36)32-6-2-5-28-14-32)22(30-34)18-7-17(25)3-4-20(18)37-23(26)27/h2-7,12,15-16,23H,8-11,13-14H2,1H3,(H,29,36). The number of carbonyl (C=O) groups excluding carboxylic acids is 2. The normalized spacial score (nSPS) is 21.1. The van der Waals surface area contributed by atoms with E-state index in [1.165, 1.54) is 34.0 Å². The fourth-order valence-electron chi connectivity index (χ4n) is 5.05. The molecule has 10 nitrogen and oxygen atoms in total. The SMILES string of the molecule is CN1CC2CN(C(=O)Cn3cc(NC(=O)N4C=CC=NC4)c(-c4cc(Cl)ccc4OC(F)F)n3)CC2C1. The van der Waals surface area contributed by atoms with Crippen LogP contribution < -0.4 is 10.1 Å². The van der Waals surface area contributed by atoms with Gasteiger partial charge in [0.25, 0.3) is 0 Å². The van der Waals surface area contributed by atoms with Gasteiger partial charge < -0.3 is 19.9 Å². The van der Waals surface area contributed by atoms with Gasteiger partial charge in [-0.15, -0.1) is 0 Å². The Hall–Kier alpha value is -3.51. The highest BCUT2D eigenvalue weighted by atomic mass is 35.5. The van der Waals surface area contributed by atoms with E-state index < -0.39 is 12.6 Å². The molecule has 0 aliphatic carbocycles. The maximum Gasteiger partial charge on any atom is 0.387 e. The number of ether oxygens (including phenoxy) is 1. The molecule has 3 aliphatic heterocycles. The van der Waals surface area contributed by atoms with E-state index in [9.17, 15) is 18.4 Å². The number of amides is 3. The fourth-order valence-corrected chi connectivity index (χ4v) is 5.23. The third-order valence-electron chi connectivity index (χ3n) is 6.69. The molecule has 13 heteroatoms. The van der Waals surface area contributed by atoms with Gasteiger partial charge in [-0.25, -0.2) is 4.79 Å². The molecule has 1 aromatic carbocycles. The largest absolute Gasteiger partial charge is 0.434 e. The van der Waals surface area contributed by atoms with Crippen LogP contribution in [0.1, 0.15) is 0 Å². The molecule has 2 atom stereocenters. The first-order chi connectivity index (χ1) is 17.8. The van der Waals surface area contributed by atoms with Crippen LogP contribution in [0.4, 0.5) is 19.3 Å². The second kappa shape index (κ2) is 10.5. The third kappa shape index (κ3) is 5.59. The molecule has 2 fully saturated rings. The zero-order valence-electron chi connectivity index (χ0n) is 20.1. The number of nitrogens with one attached hydrogen (secondary N) is 1.